The third-order valence-electron chi connectivity index (χ3n) is 2.87. The van der Waals surface area contributed by atoms with Crippen molar-refractivity contribution in [2.75, 3.05) is 5.32 Å². The van der Waals surface area contributed by atoms with E-state index in [0.29, 0.717) is 17.3 Å². The molecule has 1 amide bonds. The Hall–Kier alpha value is -0.650. The molecule has 0 aliphatic heterocycles. The Morgan fingerprint density at radius 2 is 2.12 bits per heavy atom. The number of anilines is 1. The fourth-order valence-corrected chi connectivity index (χ4v) is 1.99. The zero-order valence-electron chi connectivity index (χ0n) is 9.00. The Kier molecular flexibility index (Phi) is 4.52. The van der Waals surface area contributed by atoms with Gasteiger partial charge in [-0.25, -0.2) is 4.39 Å². The van der Waals surface area contributed by atoms with Gasteiger partial charge < -0.3 is 11.1 Å². The van der Waals surface area contributed by atoms with Crippen molar-refractivity contribution in [3.05, 3.63) is 28.5 Å². The summed E-state index contributed by atoms with van der Waals surface area (Å²) in [6, 6.07) is 4.39. The number of halogens is 3. The van der Waals surface area contributed by atoms with Gasteiger partial charge in [-0.05, 0) is 37.5 Å². The van der Waals surface area contributed by atoms with Gasteiger partial charge in [-0.2, -0.15) is 0 Å². The van der Waals surface area contributed by atoms with E-state index < -0.39 is 11.4 Å². The average molecular weight is 324 g/mol. The minimum absolute atomic E-state index is 0. The number of amides is 1. The molecular weight excluding hydrogens is 310 g/mol. The Bertz CT molecular complexity index is 437. The van der Waals surface area contributed by atoms with Crippen LogP contribution in [0.15, 0.2) is 22.7 Å². The van der Waals surface area contributed by atoms with Gasteiger partial charge in [0.1, 0.15) is 5.82 Å². The van der Waals surface area contributed by atoms with Crippen LogP contribution >= 0.6 is 28.3 Å². The third-order valence-corrected chi connectivity index (χ3v) is 3.37. The maximum atomic E-state index is 13.4. The van der Waals surface area contributed by atoms with Crippen molar-refractivity contribution in [1.82, 2.24) is 0 Å². The standard InChI is InChI=1S/C11H12BrFN2O.ClH/c12-7-2-3-8(13)9(6-7)15-10(16)11(14)4-1-5-11;/h2-3,6H,1,4-5,14H2,(H,15,16);1H. The van der Waals surface area contributed by atoms with Gasteiger partial charge in [0, 0.05) is 4.47 Å². The highest BCUT2D eigenvalue weighted by atomic mass is 79.9. The first kappa shape index (κ1) is 14.4. The van der Waals surface area contributed by atoms with Crippen LogP contribution in [0.1, 0.15) is 19.3 Å². The van der Waals surface area contributed by atoms with E-state index in [9.17, 15) is 9.18 Å². The predicted molar refractivity (Wildman–Crippen MR) is 70.7 cm³/mol. The lowest BCUT2D eigenvalue weighted by atomic mass is 9.77. The van der Waals surface area contributed by atoms with Crippen molar-refractivity contribution in [2.24, 2.45) is 5.73 Å². The lowest BCUT2D eigenvalue weighted by Gasteiger charge is -2.36. The zero-order chi connectivity index (χ0) is 11.8. The molecule has 17 heavy (non-hydrogen) atoms. The Labute approximate surface area is 113 Å². The molecular formula is C11H13BrClFN2O. The van der Waals surface area contributed by atoms with E-state index in [4.69, 9.17) is 5.73 Å². The van der Waals surface area contributed by atoms with Crippen LogP contribution in [0.4, 0.5) is 10.1 Å². The Morgan fingerprint density at radius 3 is 2.65 bits per heavy atom. The van der Waals surface area contributed by atoms with Crippen molar-refractivity contribution in [3.8, 4) is 0 Å². The Balaban J connectivity index is 0.00000144. The number of nitrogens with two attached hydrogens (primary N) is 1. The summed E-state index contributed by atoms with van der Waals surface area (Å²) in [5.41, 5.74) is 5.19. The molecule has 0 bridgehead atoms. The topological polar surface area (TPSA) is 55.1 Å². The van der Waals surface area contributed by atoms with E-state index in [1.165, 1.54) is 12.1 Å². The molecule has 3 nitrogen and oxygen atoms in total. The molecule has 1 fully saturated rings. The van der Waals surface area contributed by atoms with Crippen molar-refractivity contribution in [2.45, 2.75) is 24.8 Å². The second kappa shape index (κ2) is 5.33. The second-order valence-electron chi connectivity index (χ2n) is 4.09. The maximum absolute atomic E-state index is 13.4. The highest BCUT2D eigenvalue weighted by Gasteiger charge is 2.40. The van der Waals surface area contributed by atoms with Gasteiger partial charge in [0.25, 0.3) is 0 Å². The van der Waals surface area contributed by atoms with Crippen LogP contribution in [-0.4, -0.2) is 11.4 Å². The first-order valence-corrected chi connectivity index (χ1v) is 5.86. The molecule has 1 saturated carbocycles. The summed E-state index contributed by atoms with van der Waals surface area (Å²) in [4.78, 5) is 11.8. The minimum Gasteiger partial charge on any atom is -0.322 e. The zero-order valence-corrected chi connectivity index (χ0v) is 11.4. The molecule has 1 aliphatic carbocycles. The van der Waals surface area contributed by atoms with Crippen LogP contribution < -0.4 is 11.1 Å². The molecule has 1 aromatic rings. The summed E-state index contributed by atoms with van der Waals surface area (Å²) in [6.45, 7) is 0. The van der Waals surface area contributed by atoms with Gasteiger partial charge in [0.05, 0.1) is 11.2 Å². The molecule has 1 aromatic carbocycles. The van der Waals surface area contributed by atoms with Gasteiger partial charge in [-0.1, -0.05) is 15.9 Å². The van der Waals surface area contributed by atoms with Crippen molar-refractivity contribution >= 4 is 39.9 Å². The van der Waals surface area contributed by atoms with Gasteiger partial charge >= 0.3 is 0 Å². The van der Waals surface area contributed by atoms with E-state index in [0.717, 1.165) is 6.42 Å². The van der Waals surface area contributed by atoms with E-state index in [2.05, 4.69) is 21.2 Å². The lowest BCUT2D eigenvalue weighted by molar-refractivity contribution is -0.123. The number of hydrogen-bond acceptors (Lipinski definition) is 2. The molecule has 0 radical (unpaired) electrons. The van der Waals surface area contributed by atoms with E-state index in [1.54, 1.807) is 6.07 Å². The van der Waals surface area contributed by atoms with E-state index >= 15 is 0 Å². The highest BCUT2D eigenvalue weighted by Crippen LogP contribution is 2.31. The van der Waals surface area contributed by atoms with Gasteiger partial charge in [0.2, 0.25) is 5.91 Å². The molecule has 94 valence electrons. The van der Waals surface area contributed by atoms with Gasteiger partial charge in [0.15, 0.2) is 0 Å². The first-order valence-electron chi connectivity index (χ1n) is 5.07. The van der Waals surface area contributed by atoms with E-state index in [1.807, 2.05) is 0 Å². The first-order chi connectivity index (χ1) is 7.51. The second-order valence-corrected chi connectivity index (χ2v) is 5.00. The molecule has 0 heterocycles. The highest BCUT2D eigenvalue weighted by molar-refractivity contribution is 9.10. The fourth-order valence-electron chi connectivity index (χ4n) is 1.62. The molecule has 0 saturated heterocycles. The van der Waals surface area contributed by atoms with Crippen molar-refractivity contribution < 1.29 is 9.18 Å². The molecule has 0 spiro atoms. The maximum Gasteiger partial charge on any atom is 0.244 e. The SMILES string of the molecule is Cl.NC1(C(=O)Nc2cc(Br)ccc2F)CCC1. The summed E-state index contributed by atoms with van der Waals surface area (Å²) in [7, 11) is 0. The molecule has 3 N–H and O–H groups in total. The van der Waals surface area contributed by atoms with Crippen LogP contribution in [0.25, 0.3) is 0 Å². The smallest absolute Gasteiger partial charge is 0.244 e. The summed E-state index contributed by atoms with van der Waals surface area (Å²) in [5, 5.41) is 2.52. The molecule has 0 unspecified atom stereocenters. The van der Waals surface area contributed by atoms with Gasteiger partial charge in [-0.15, -0.1) is 12.4 Å². The number of benzene rings is 1. The molecule has 6 heteroatoms. The number of carbonyl (C=O) groups is 1. The average Bonchev–Trinajstić information content (AvgIpc) is 2.20. The molecule has 2 rings (SSSR count). The molecule has 0 aromatic heterocycles. The van der Waals surface area contributed by atoms with Gasteiger partial charge in [-0.3, -0.25) is 4.79 Å². The van der Waals surface area contributed by atoms with Crippen LogP contribution in [0.3, 0.4) is 0 Å². The number of rotatable bonds is 2. The van der Waals surface area contributed by atoms with E-state index in [-0.39, 0.29) is 24.0 Å². The number of nitrogens with one attached hydrogen (secondary N) is 1. The number of carbonyl (C=O) groups excluding carboxylic acids is 1. The van der Waals surface area contributed by atoms with Crippen molar-refractivity contribution in [1.29, 1.82) is 0 Å². The Morgan fingerprint density at radius 1 is 1.47 bits per heavy atom. The van der Waals surface area contributed by atoms with Crippen LogP contribution in [0.2, 0.25) is 0 Å². The largest absolute Gasteiger partial charge is 0.322 e. The predicted octanol–water partition coefficient (Wildman–Crippen LogP) is 2.83. The molecule has 1 aliphatic rings. The normalized spacial score (nSPS) is 16.6. The monoisotopic (exact) mass is 322 g/mol. The summed E-state index contributed by atoms with van der Waals surface area (Å²) >= 11 is 3.22. The quantitative estimate of drug-likeness (QED) is 0.879. The minimum atomic E-state index is -0.811. The fraction of sp³-hybridized carbons (Fsp3) is 0.364. The van der Waals surface area contributed by atoms with Crippen LogP contribution in [0.5, 0.6) is 0 Å². The van der Waals surface area contributed by atoms with Crippen LogP contribution in [-0.2, 0) is 4.79 Å². The molecule has 0 atom stereocenters. The lowest BCUT2D eigenvalue weighted by Crippen LogP contribution is -2.56. The van der Waals surface area contributed by atoms with Crippen molar-refractivity contribution in [3.63, 3.8) is 0 Å². The van der Waals surface area contributed by atoms with Crippen LogP contribution in [0, 0.1) is 5.82 Å². The summed E-state index contributed by atoms with van der Waals surface area (Å²) in [6.07, 6.45) is 2.27. The number of hydrogen-bond donors (Lipinski definition) is 2. The summed E-state index contributed by atoms with van der Waals surface area (Å²) < 4.78 is 14.1. The summed E-state index contributed by atoms with van der Waals surface area (Å²) in [5.74, 6) is -0.768. The third kappa shape index (κ3) is 2.97.